The molecule has 16 heavy (non-hydrogen) atoms. The van der Waals surface area contributed by atoms with Gasteiger partial charge in [0.05, 0.1) is 0 Å². The monoisotopic (exact) mass is 215 g/mol. The molecule has 0 saturated heterocycles. The number of carbonyl (C=O) groups is 1. The number of aliphatic carboxylic acids is 1. The lowest BCUT2D eigenvalue weighted by molar-refractivity contribution is -0.138. The van der Waals surface area contributed by atoms with E-state index >= 15 is 0 Å². The van der Waals surface area contributed by atoms with Crippen molar-refractivity contribution in [3.63, 3.8) is 0 Å². The molecule has 0 radical (unpaired) electrons. The van der Waals surface area contributed by atoms with Crippen LogP contribution in [0, 0.1) is 0 Å². The lowest BCUT2D eigenvalue weighted by atomic mass is 9.99. The first-order valence-electron chi connectivity index (χ1n) is 5.13. The van der Waals surface area contributed by atoms with Crippen LogP contribution >= 0.6 is 0 Å². The van der Waals surface area contributed by atoms with Crippen LogP contribution in [-0.4, -0.2) is 17.1 Å². The Labute approximate surface area is 93.5 Å². The van der Waals surface area contributed by atoms with E-state index < -0.39 is 12.0 Å². The molecule has 0 spiro atoms. The van der Waals surface area contributed by atoms with Crippen molar-refractivity contribution in [1.82, 2.24) is 0 Å². The summed E-state index contributed by atoms with van der Waals surface area (Å²) >= 11 is 0. The van der Waals surface area contributed by atoms with Crippen molar-refractivity contribution in [1.29, 1.82) is 0 Å². The highest BCUT2D eigenvalue weighted by Gasteiger charge is 2.13. The smallest absolute Gasteiger partial charge is 0.320 e. The van der Waals surface area contributed by atoms with Crippen LogP contribution in [0.1, 0.15) is 5.56 Å². The summed E-state index contributed by atoms with van der Waals surface area (Å²) in [6.07, 6.45) is 0.358. The molecule has 1 atom stereocenters. The number of fused-ring (bicyclic) bond motifs is 1. The normalized spacial score (nSPS) is 12.6. The maximum Gasteiger partial charge on any atom is 0.320 e. The summed E-state index contributed by atoms with van der Waals surface area (Å²) in [5.74, 6) is -0.965. The first-order chi connectivity index (χ1) is 7.68. The third-order valence-corrected chi connectivity index (χ3v) is 2.64. The third kappa shape index (κ3) is 2.04. The van der Waals surface area contributed by atoms with Crippen LogP contribution in [0.5, 0.6) is 0 Å². The van der Waals surface area contributed by atoms with E-state index in [-0.39, 0.29) is 0 Å². The van der Waals surface area contributed by atoms with Crippen LogP contribution in [0.25, 0.3) is 10.8 Å². The Balaban J connectivity index is 2.41. The lowest BCUT2D eigenvalue weighted by Crippen LogP contribution is -2.32. The fraction of sp³-hybridized carbons (Fsp3) is 0.154. The highest BCUT2D eigenvalue weighted by Crippen LogP contribution is 2.19. The molecular formula is C13H13NO2. The van der Waals surface area contributed by atoms with E-state index in [0.717, 1.165) is 16.3 Å². The van der Waals surface area contributed by atoms with E-state index in [2.05, 4.69) is 0 Å². The fourth-order valence-electron chi connectivity index (χ4n) is 1.79. The molecule has 0 amide bonds. The van der Waals surface area contributed by atoms with Gasteiger partial charge in [-0.05, 0) is 22.8 Å². The van der Waals surface area contributed by atoms with Crippen LogP contribution in [-0.2, 0) is 11.2 Å². The predicted octanol–water partition coefficient (Wildman–Crippen LogP) is 1.79. The quantitative estimate of drug-likeness (QED) is 0.820. The molecule has 2 rings (SSSR count). The average Bonchev–Trinajstić information content (AvgIpc) is 2.29. The molecular weight excluding hydrogens is 202 g/mol. The summed E-state index contributed by atoms with van der Waals surface area (Å²) in [5.41, 5.74) is 6.52. The predicted molar refractivity (Wildman–Crippen MR) is 63.3 cm³/mol. The maximum absolute atomic E-state index is 10.7. The van der Waals surface area contributed by atoms with Crippen molar-refractivity contribution in [3.8, 4) is 0 Å². The standard InChI is InChI=1S/C13H13NO2/c14-12(13(15)16)8-10-6-3-5-9-4-1-2-7-11(9)10/h1-7,12H,8,14H2,(H,15,16)/t12-/m1/s1. The first-order valence-corrected chi connectivity index (χ1v) is 5.13. The van der Waals surface area contributed by atoms with Gasteiger partial charge in [-0.25, -0.2) is 0 Å². The second-order valence-electron chi connectivity index (χ2n) is 3.79. The Hall–Kier alpha value is -1.87. The number of benzene rings is 2. The highest BCUT2D eigenvalue weighted by molar-refractivity contribution is 5.86. The minimum atomic E-state index is -0.965. The Kier molecular flexibility index (Phi) is 2.88. The molecule has 0 unspecified atom stereocenters. The molecule has 2 aromatic carbocycles. The van der Waals surface area contributed by atoms with Crippen LogP contribution in [0.15, 0.2) is 42.5 Å². The molecule has 2 aromatic rings. The number of carboxylic acid groups (broad SMARTS) is 1. The molecule has 0 aromatic heterocycles. The topological polar surface area (TPSA) is 63.3 Å². The molecule has 0 aliphatic heterocycles. The summed E-state index contributed by atoms with van der Waals surface area (Å²) in [5, 5.41) is 11.0. The van der Waals surface area contributed by atoms with Gasteiger partial charge in [-0.3, -0.25) is 4.79 Å². The summed E-state index contributed by atoms with van der Waals surface area (Å²) in [4.78, 5) is 10.7. The zero-order valence-electron chi connectivity index (χ0n) is 8.76. The molecule has 3 N–H and O–H groups in total. The van der Waals surface area contributed by atoms with E-state index in [1.165, 1.54) is 0 Å². The van der Waals surface area contributed by atoms with Crippen LogP contribution in [0.3, 0.4) is 0 Å². The Morgan fingerprint density at radius 2 is 1.88 bits per heavy atom. The van der Waals surface area contributed by atoms with Crippen LogP contribution in [0.4, 0.5) is 0 Å². The van der Waals surface area contributed by atoms with Crippen molar-refractivity contribution >= 4 is 16.7 Å². The molecule has 0 aliphatic carbocycles. The summed E-state index contributed by atoms with van der Waals surface area (Å²) in [7, 11) is 0. The zero-order chi connectivity index (χ0) is 11.5. The van der Waals surface area contributed by atoms with Crippen molar-refractivity contribution in [2.75, 3.05) is 0 Å². The van der Waals surface area contributed by atoms with Gasteiger partial charge >= 0.3 is 5.97 Å². The van der Waals surface area contributed by atoms with Crippen molar-refractivity contribution < 1.29 is 9.90 Å². The van der Waals surface area contributed by atoms with E-state index in [0.29, 0.717) is 6.42 Å². The Morgan fingerprint density at radius 3 is 2.62 bits per heavy atom. The molecule has 0 fully saturated rings. The Bertz CT molecular complexity index is 517. The van der Waals surface area contributed by atoms with E-state index in [1.54, 1.807) is 0 Å². The molecule has 0 saturated carbocycles. The highest BCUT2D eigenvalue weighted by atomic mass is 16.4. The van der Waals surface area contributed by atoms with Gasteiger partial charge in [0, 0.05) is 0 Å². The van der Waals surface area contributed by atoms with Gasteiger partial charge < -0.3 is 10.8 Å². The summed E-state index contributed by atoms with van der Waals surface area (Å²) in [6, 6.07) is 12.9. The number of hydrogen-bond acceptors (Lipinski definition) is 2. The lowest BCUT2D eigenvalue weighted by Gasteiger charge is -2.09. The van der Waals surface area contributed by atoms with Crippen LogP contribution < -0.4 is 5.73 Å². The number of hydrogen-bond donors (Lipinski definition) is 2. The third-order valence-electron chi connectivity index (χ3n) is 2.64. The average molecular weight is 215 g/mol. The van der Waals surface area contributed by atoms with Gasteiger partial charge in [-0.2, -0.15) is 0 Å². The van der Waals surface area contributed by atoms with Gasteiger partial charge in [-0.15, -0.1) is 0 Å². The van der Waals surface area contributed by atoms with E-state index in [1.807, 2.05) is 42.5 Å². The molecule has 0 bridgehead atoms. The second-order valence-corrected chi connectivity index (χ2v) is 3.79. The minimum absolute atomic E-state index is 0.358. The van der Waals surface area contributed by atoms with Gasteiger partial charge in [0.15, 0.2) is 0 Å². The fourth-order valence-corrected chi connectivity index (χ4v) is 1.79. The number of carboxylic acids is 1. The Morgan fingerprint density at radius 1 is 1.19 bits per heavy atom. The summed E-state index contributed by atoms with van der Waals surface area (Å²) < 4.78 is 0. The largest absolute Gasteiger partial charge is 0.480 e. The number of rotatable bonds is 3. The maximum atomic E-state index is 10.7. The number of nitrogens with two attached hydrogens (primary N) is 1. The molecule has 3 heteroatoms. The molecule has 0 aliphatic rings. The van der Waals surface area contributed by atoms with Gasteiger partial charge in [-0.1, -0.05) is 42.5 Å². The van der Waals surface area contributed by atoms with E-state index in [9.17, 15) is 4.79 Å². The minimum Gasteiger partial charge on any atom is -0.480 e. The molecule has 82 valence electrons. The van der Waals surface area contributed by atoms with Crippen molar-refractivity contribution in [3.05, 3.63) is 48.0 Å². The summed E-state index contributed by atoms with van der Waals surface area (Å²) in [6.45, 7) is 0. The van der Waals surface area contributed by atoms with Crippen molar-refractivity contribution in [2.45, 2.75) is 12.5 Å². The van der Waals surface area contributed by atoms with Crippen molar-refractivity contribution in [2.24, 2.45) is 5.73 Å². The zero-order valence-corrected chi connectivity index (χ0v) is 8.76. The SMILES string of the molecule is N[C@H](Cc1cccc2ccccc12)C(=O)O. The van der Waals surface area contributed by atoms with Gasteiger partial charge in [0.1, 0.15) is 6.04 Å². The molecule has 3 nitrogen and oxygen atoms in total. The van der Waals surface area contributed by atoms with Crippen LogP contribution in [0.2, 0.25) is 0 Å². The van der Waals surface area contributed by atoms with E-state index in [4.69, 9.17) is 10.8 Å². The van der Waals surface area contributed by atoms with Gasteiger partial charge in [0.2, 0.25) is 0 Å². The first kappa shape index (κ1) is 10.6. The van der Waals surface area contributed by atoms with Gasteiger partial charge in [0.25, 0.3) is 0 Å². The molecule has 0 heterocycles. The second kappa shape index (κ2) is 4.33.